The van der Waals surface area contributed by atoms with Gasteiger partial charge in [0.15, 0.2) is 0 Å². The van der Waals surface area contributed by atoms with Crippen molar-refractivity contribution in [2.45, 2.75) is 45.4 Å². The zero-order valence-corrected chi connectivity index (χ0v) is 13.1. The molecular formula is C17H21ClN2O. The van der Waals surface area contributed by atoms with E-state index in [0.717, 1.165) is 25.0 Å². The van der Waals surface area contributed by atoms with E-state index in [1.165, 1.54) is 24.8 Å². The van der Waals surface area contributed by atoms with Gasteiger partial charge >= 0.3 is 0 Å². The Morgan fingerprint density at radius 1 is 1.29 bits per heavy atom. The van der Waals surface area contributed by atoms with Crippen LogP contribution in [0.1, 0.15) is 55.8 Å². The third-order valence-corrected chi connectivity index (χ3v) is 3.84. The van der Waals surface area contributed by atoms with Crippen molar-refractivity contribution in [3.8, 4) is 0 Å². The van der Waals surface area contributed by atoms with Crippen LogP contribution in [-0.4, -0.2) is 11.6 Å². The molecule has 0 spiro atoms. The highest BCUT2D eigenvalue weighted by Gasteiger charge is 2.13. The molecule has 0 heterocycles. The first kappa shape index (κ1) is 15.8. The van der Waals surface area contributed by atoms with Crippen molar-refractivity contribution in [3.05, 3.63) is 46.5 Å². The Balaban J connectivity index is 1.92. The fraction of sp³-hybridized carbons (Fsp3) is 0.412. The van der Waals surface area contributed by atoms with Crippen LogP contribution < -0.4 is 5.43 Å². The molecule has 0 saturated heterocycles. The molecule has 0 bridgehead atoms. The molecule has 1 aliphatic rings. The molecule has 1 aromatic rings. The molecule has 2 rings (SSSR count). The van der Waals surface area contributed by atoms with Crippen LogP contribution in [0, 0.1) is 0 Å². The monoisotopic (exact) mass is 304 g/mol. The van der Waals surface area contributed by atoms with Crippen molar-refractivity contribution in [3.63, 3.8) is 0 Å². The van der Waals surface area contributed by atoms with Crippen molar-refractivity contribution >= 4 is 23.2 Å². The van der Waals surface area contributed by atoms with Gasteiger partial charge in [0.25, 0.3) is 5.91 Å². The van der Waals surface area contributed by atoms with E-state index in [2.05, 4.69) is 23.5 Å². The van der Waals surface area contributed by atoms with Gasteiger partial charge in [-0.25, -0.2) is 5.43 Å². The van der Waals surface area contributed by atoms with Crippen LogP contribution in [0.25, 0.3) is 0 Å². The highest BCUT2D eigenvalue weighted by Crippen LogP contribution is 2.21. The van der Waals surface area contributed by atoms with Crippen molar-refractivity contribution in [2.75, 3.05) is 0 Å². The van der Waals surface area contributed by atoms with Gasteiger partial charge in [-0.15, -0.1) is 0 Å². The average molecular weight is 305 g/mol. The lowest BCUT2D eigenvalue weighted by molar-refractivity contribution is 0.0955. The van der Waals surface area contributed by atoms with Crippen molar-refractivity contribution in [1.82, 2.24) is 5.43 Å². The first-order valence-electron chi connectivity index (χ1n) is 7.52. The number of hydrogen-bond acceptors (Lipinski definition) is 2. The fourth-order valence-electron chi connectivity index (χ4n) is 2.39. The Bertz CT molecular complexity index is 546. The molecule has 0 unspecified atom stereocenters. The summed E-state index contributed by atoms with van der Waals surface area (Å²) in [7, 11) is 0. The summed E-state index contributed by atoms with van der Waals surface area (Å²) in [5.41, 5.74) is 5.53. The topological polar surface area (TPSA) is 41.5 Å². The molecule has 3 nitrogen and oxygen atoms in total. The van der Waals surface area contributed by atoms with Gasteiger partial charge in [0.05, 0.1) is 5.71 Å². The first-order valence-corrected chi connectivity index (χ1v) is 7.90. The minimum atomic E-state index is -0.195. The number of unbranched alkanes of at least 4 members (excludes halogenated alkanes) is 2. The van der Waals surface area contributed by atoms with E-state index in [9.17, 15) is 4.79 Å². The summed E-state index contributed by atoms with van der Waals surface area (Å²) in [5, 5.41) is 4.92. The molecule has 1 amide bonds. The van der Waals surface area contributed by atoms with E-state index in [-0.39, 0.29) is 5.91 Å². The SMILES string of the molecule is CCCCCC1=CCC/C1=N/NC(=O)c1ccc(Cl)cc1. The van der Waals surface area contributed by atoms with Gasteiger partial charge in [0, 0.05) is 10.6 Å². The quantitative estimate of drug-likeness (QED) is 0.599. The zero-order chi connectivity index (χ0) is 15.1. The number of nitrogens with zero attached hydrogens (tertiary/aromatic N) is 1. The van der Waals surface area contributed by atoms with Crippen LogP contribution >= 0.6 is 11.6 Å². The summed E-state index contributed by atoms with van der Waals surface area (Å²) >= 11 is 5.81. The van der Waals surface area contributed by atoms with Crippen molar-refractivity contribution in [1.29, 1.82) is 0 Å². The van der Waals surface area contributed by atoms with Crippen LogP contribution in [0.3, 0.4) is 0 Å². The van der Waals surface area contributed by atoms with Gasteiger partial charge in [-0.2, -0.15) is 5.10 Å². The maximum absolute atomic E-state index is 12.0. The molecule has 21 heavy (non-hydrogen) atoms. The fourth-order valence-corrected chi connectivity index (χ4v) is 2.51. The Kier molecular flexibility index (Phi) is 6.00. The number of carbonyl (C=O) groups excluding carboxylic acids is 1. The van der Waals surface area contributed by atoms with Crippen LogP contribution in [0.15, 0.2) is 41.0 Å². The third kappa shape index (κ3) is 4.71. The van der Waals surface area contributed by atoms with Gasteiger partial charge in [-0.3, -0.25) is 4.79 Å². The lowest BCUT2D eigenvalue weighted by Gasteiger charge is -2.06. The van der Waals surface area contributed by atoms with Gasteiger partial charge in [-0.1, -0.05) is 37.4 Å². The largest absolute Gasteiger partial charge is 0.271 e. The molecule has 1 aliphatic carbocycles. The zero-order valence-electron chi connectivity index (χ0n) is 12.4. The smallest absolute Gasteiger partial charge is 0.267 e. The van der Waals surface area contributed by atoms with Crippen molar-refractivity contribution < 1.29 is 4.79 Å². The Morgan fingerprint density at radius 2 is 2.05 bits per heavy atom. The molecule has 112 valence electrons. The van der Waals surface area contributed by atoms with Crippen LogP contribution in [0.5, 0.6) is 0 Å². The molecule has 0 aliphatic heterocycles. The normalized spacial score (nSPS) is 16.1. The maximum atomic E-state index is 12.0. The van der Waals surface area contributed by atoms with Gasteiger partial charge in [0.1, 0.15) is 0 Å². The highest BCUT2D eigenvalue weighted by molar-refractivity contribution is 6.30. The predicted octanol–water partition coefficient (Wildman–Crippen LogP) is 4.73. The second-order valence-electron chi connectivity index (χ2n) is 5.23. The summed E-state index contributed by atoms with van der Waals surface area (Å²) in [5.74, 6) is -0.195. The number of amides is 1. The molecular weight excluding hydrogens is 284 g/mol. The summed E-state index contributed by atoms with van der Waals surface area (Å²) < 4.78 is 0. The van der Waals surface area contributed by atoms with E-state index >= 15 is 0 Å². The lowest BCUT2D eigenvalue weighted by Crippen LogP contribution is -2.19. The number of benzene rings is 1. The van der Waals surface area contributed by atoms with Gasteiger partial charge in [-0.05, 0) is 55.5 Å². The third-order valence-electron chi connectivity index (χ3n) is 3.59. The predicted molar refractivity (Wildman–Crippen MR) is 87.8 cm³/mol. The number of hydrogen-bond donors (Lipinski definition) is 1. The number of allylic oxidation sites excluding steroid dienone is 2. The molecule has 0 aromatic heterocycles. The molecule has 0 atom stereocenters. The van der Waals surface area contributed by atoms with Crippen LogP contribution in [-0.2, 0) is 0 Å². The maximum Gasteiger partial charge on any atom is 0.271 e. The standard InChI is InChI=1S/C17H21ClN2O/c1-2-3-4-6-13-7-5-8-16(13)19-20-17(21)14-9-11-15(18)12-10-14/h7,9-12H,2-6,8H2,1H3,(H,20,21)/b19-16-. The molecule has 0 fully saturated rings. The molecule has 1 N–H and O–H groups in total. The summed E-state index contributed by atoms with van der Waals surface area (Å²) in [6, 6.07) is 6.81. The molecule has 4 heteroatoms. The first-order chi connectivity index (χ1) is 10.2. The Hall–Kier alpha value is -1.61. The van der Waals surface area contributed by atoms with Crippen molar-refractivity contribution in [2.24, 2.45) is 5.10 Å². The van der Waals surface area contributed by atoms with E-state index < -0.39 is 0 Å². The number of halogens is 1. The van der Waals surface area contributed by atoms with Crippen LogP contribution in [0.2, 0.25) is 5.02 Å². The average Bonchev–Trinajstić information content (AvgIpc) is 2.93. The van der Waals surface area contributed by atoms with Gasteiger partial charge < -0.3 is 0 Å². The number of rotatable bonds is 6. The number of hydrazone groups is 1. The van der Waals surface area contributed by atoms with Crippen LogP contribution in [0.4, 0.5) is 0 Å². The van der Waals surface area contributed by atoms with E-state index in [0.29, 0.717) is 10.6 Å². The molecule has 0 saturated carbocycles. The van der Waals surface area contributed by atoms with E-state index in [4.69, 9.17) is 11.6 Å². The highest BCUT2D eigenvalue weighted by atomic mass is 35.5. The second kappa shape index (κ2) is 7.99. The summed E-state index contributed by atoms with van der Waals surface area (Å²) in [6.45, 7) is 2.20. The summed E-state index contributed by atoms with van der Waals surface area (Å²) in [4.78, 5) is 12.0. The minimum absolute atomic E-state index is 0.195. The summed E-state index contributed by atoms with van der Waals surface area (Å²) in [6.07, 6.45) is 8.88. The Morgan fingerprint density at radius 3 is 2.76 bits per heavy atom. The molecule has 1 aromatic carbocycles. The lowest BCUT2D eigenvalue weighted by atomic mass is 10.1. The Labute approximate surface area is 131 Å². The van der Waals surface area contributed by atoms with E-state index in [1.54, 1.807) is 24.3 Å². The molecule has 0 radical (unpaired) electrons. The van der Waals surface area contributed by atoms with Gasteiger partial charge in [0.2, 0.25) is 0 Å². The van der Waals surface area contributed by atoms with E-state index in [1.807, 2.05) is 0 Å². The second-order valence-corrected chi connectivity index (χ2v) is 5.67. The number of nitrogens with one attached hydrogen (secondary N) is 1. The number of carbonyl (C=O) groups is 1. The minimum Gasteiger partial charge on any atom is -0.267 e.